The highest BCUT2D eigenvalue weighted by Gasteiger charge is 2.66. The molecule has 2 saturated carbocycles. The lowest BCUT2D eigenvalue weighted by molar-refractivity contribution is -0.385. The Labute approximate surface area is 199 Å². The first-order valence-electron chi connectivity index (χ1n) is 9.94. The normalized spacial score (nSPS) is 30.4. The molecular formula is C20H19Br2N3O7. The van der Waals surface area contributed by atoms with Crippen LogP contribution < -0.4 is 5.32 Å². The number of rotatable bonds is 6. The van der Waals surface area contributed by atoms with E-state index in [0.717, 1.165) is 11.3 Å². The number of hydrogen-bond acceptors (Lipinski definition) is 7. The highest BCUT2D eigenvalue weighted by atomic mass is 79.9. The zero-order valence-corrected chi connectivity index (χ0v) is 20.0. The number of nitro groups is 1. The van der Waals surface area contributed by atoms with E-state index in [2.05, 4.69) is 37.2 Å². The van der Waals surface area contributed by atoms with Gasteiger partial charge in [0.05, 0.1) is 16.8 Å². The number of halogens is 2. The average molecular weight is 573 g/mol. The lowest BCUT2D eigenvalue weighted by atomic mass is 9.81. The molecule has 1 N–H and O–H groups in total. The minimum absolute atomic E-state index is 0.0381. The van der Waals surface area contributed by atoms with E-state index < -0.39 is 41.8 Å². The maximum Gasteiger partial charge on any atom is 0.326 e. The minimum atomic E-state index is -0.880. The van der Waals surface area contributed by atoms with Crippen LogP contribution in [0.4, 0.5) is 11.4 Å². The highest BCUT2D eigenvalue weighted by Crippen LogP contribution is 2.60. The van der Waals surface area contributed by atoms with Crippen LogP contribution in [0, 0.1) is 40.7 Å². The van der Waals surface area contributed by atoms with E-state index in [1.807, 2.05) is 0 Å². The van der Waals surface area contributed by atoms with Gasteiger partial charge in [0.2, 0.25) is 11.8 Å². The molecule has 170 valence electrons. The van der Waals surface area contributed by atoms with Gasteiger partial charge in [-0.05, 0) is 31.2 Å². The molecule has 0 spiro atoms. The smallest absolute Gasteiger partial charge is 0.326 e. The fourth-order valence-electron chi connectivity index (χ4n) is 4.97. The van der Waals surface area contributed by atoms with Crippen molar-refractivity contribution in [1.82, 2.24) is 4.90 Å². The second kappa shape index (κ2) is 8.54. The molecule has 6 atom stereocenters. The third-order valence-corrected chi connectivity index (χ3v) is 9.63. The number of aryl methyl sites for hydroxylation is 1. The lowest BCUT2D eigenvalue weighted by Gasteiger charge is -2.28. The van der Waals surface area contributed by atoms with Crippen LogP contribution in [0.3, 0.4) is 0 Å². The summed E-state index contributed by atoms with van der Waals surface area (Å²) in [5.41, 5.74) is 0.474. The molecule has 1 aromatic carbocycles. The Morgan fingerprint density at radius 2 is 1.78 bits per heavy atom. The van der Waals surface area contributed by atoms with Crippen molar-refractivity contribution < 1.29 is 28.8 Å². The van der Waals surface area contributed by atoms with Crippen molar-refractivity contribution >= 4 is 66.9 Å². The molecule has 0 radical (unpaired) electrons. The molecule has 10 nitrogen and oxygen atoms in total. The van der Waals surface area contributed by atoms with Gasteiger partial charge in [-0.3, -0.25) is 34.2 Å². The highest BCUT2D eigenvalue weighted by molar-refractivity contribution is 9.12. The number of imide groups is 1. The maximum absolute atomic E-state index is 12.8. The zero-order chi connectivity index (χ0) is 23.3. The number of carbonyl (C=O) groups is 4. The topological polar surface area (TPSA) is 136 Å². The van der Waals surface area contributed by atoms with Crippen LogP contribution in [-0.2, 0) is 23.9 Å². The number of esters is 1. The van der Waals surface area contributed by atoms with Crippen molar-refractivity contribution in [1.29, 1.82) is 0 Å². The van der Waals surface area contributed by atoms with Crippen molar-refractivity contribution in [3.8, 4) is 0 Å². The van der Waals surface area contributed by atoms with Crippen molar-refractivity contribution in [2.24, 2.45) is 23.7 Å². The lowest BCUT2D eigenvalue weighted by Crippen LogP contribution is -2.38. The Kier molecular flexibility index (Phi) is 6.10. The van der Waals surface area contributed by atoms with Crippen molar-refractivity contribution in [3.05, 3.63) is 33.9 Å². The summed E-state index contributed by atoms with van der Waals surface area (Å²) in [4.78, 5) is 61.4. The summed E-state index contributed by atoms with van der Waals surface area (Å²) in [7, 11) is 0. The summed E-state index contributed by atoms with van der Waals surface area (Å²) in [6, 6.07) is 4.19. The van der Waals surface area contributed by atoms with Gasteiger partial charge in [-0.1, -0.05) is 37.9 Å². The van der Waals surface area contributed by atoms with Crippen molar-refractivity contribution in [3.63, 3.8) is 0 Å². The van der Waals surface area contributed by atoms with Gasteiger partial charge in [0, 0.05) is 27.0 Å². The molecule has 3 amide bonds. The van der Waals surface area contributed by atoms with E-state index in [9.17, 15) is 29.3 Å². The second-order valence-electron chi connectivity index (χ2n) is 8.23. The summed E-state index contributed by atoms with van der Waals surface area (Å²) in [6.45, 7) is 0.372. The summed E-state index contributed by atoms with van der Waals surface area (Å²) in [5.74, 6) is -3.11. The number of amides is 3. The van der Waals surface area contributed by atoms with Gasteiger partial charge >= 0.3 is 5.97 Å². The number of alkyl halides is 2. The fourth-order valence-corrected chi connectivity index (χ4v) is 6.84. The molecule has 3 fully saturated rings. The van der Waals surface area contributed by atoms with Gasteiger partial charge in [0.1, 0.15) is 6.54 Å². The van der Waals surface area contributed by atoms with E-state index in [0.29, 0.717) is 5.56 Å². The Bertz CT molecular complexity index is 1000. The zero-order valence-electron chi connectivity index (χ0n) is 16.8. The number of nitrogens with one attached hydrogen (secondary N) is 1. The summed E-state index contributed by atoms with van der Waals surface area (Å²) >= 11 is 7.19. The molecule has 0 unspecified atom stereocenters. The van der Waals surface area contributed by atoms with Crippen LogP contribution in [0.2, 0.25) is 0 Å². The Morgan fingerprint density at radius 3 is 2.34 bits per heavy atom. The predicted molar refractivity (Wildman–Crippen MR) is 118 cm³/mol. The van der Waals surface area contributed by atoms with E-state index >= 15 is 0 Å². The van der Waals surface area contributed by atoms with E-state index in [-0.39, 0.29) is 44.7 Å². The number of ether oxygens (including phenoxy) is 1. The Morgan fingerprint density at radius 1 is 1.19 bits per heavy atom. The molecular weight excluding hydrogens is 554 g/mol. The van der Waals surface area contributed by atoms with Gasteiger partial charge in [-0.2, -0.15) is 0 Å². The number of fused-ring (bicyclic) bond motifs is 5. The van der Waals surface area contributed by atoms with Crippen LogP contribution in [0.25, 0.3) is 0 Å². The molecule has 32 heavy (non-hydrogen) atoms. The number of likely N-dealkylation sites (tertiary alicyclic amines) is 1. The first-order valence-corrected chi connectivity index (χ1v) is 11.8. The monoisotopic (exact) mass is 571 g/mol. The molecule has 3 aliphatic rings. The number of anilines is 1. The van der Waals surface area contributed by atoms with Crippen molar-refractivity contribution in [2.75, 3.05) is 18.5 Å². The van der Waals surface area contributed by atoms with Gasteiger partial charge < -0.3 is 10.1 Å². The third-order valence-electron chi connectivity index (χ3n) is 6.42. The standard InChI is InChI=1S/C20H19Br2N3O7/c1-8-2-3-9(4-12(8)25(30)31)23-13(26)7-32-14(27)6-24-19(28)15-10-5-11(16(15)20(24)29)18(22)17(10)21/h2-4,10-11,15-18H,5-7H2,1H3,(H,23,26)/t10-,11-,15-,16+,17+,18+/m1/s1. The second-order valence-corrected chi connectivity index (χ2v) is 10.3. The Balaban J connectivity index is 1.32. The largest absolute Gasteiger partial charge is 0.454 e. The fraction of sp³-hybridized carbons (Fsp3) is 0.500. The SMILES string of the molecule is Cc1ccc(NC(=O)COC(=O)CN2C(=O)[C@@H]3[C@H]4C[C@@H]([C@H](Br)[C@H]4Br)[C@@H]3C2=O)cc1[N+](=O)[O-]. The quantitative estimate of drug-likeness (QED) is 0.181. The molecule has 4 rings (SSSR count). The van der Waals surface area contributed by atoms with Crippen LogP contribution >= 0.6 is 31.9 Å². The molecule has 2 bridgehead atoms. The summed E-state index contributed by atoms with van der Waals surface area (Å²) < 4.78 is 4.92. The molecule has 1 aliphatic heterocycles. The molecule has 1 heterocycles. The van der Waals surface area contributed by atoms with Crippen LogP contribution in [-0.4, -0.2) is 56.3 Å². The summed E-state index contributed by atoms with van der Waals surface area (Å²) in [5, 5.41) is 13.4. The number of hydrogen-bond donors (Lipinski definition) is 1. The van der Waals surface area contributed by atoms with E-state index in [4.69, 9.17) is 4.74 Å². The van der Waals surface area contributed by atoms with Crippen LogP contribution in [0.5, 0.6) is 0 Å². The van der Waals surface area contributed by atoms with Gasteiger partial charge in [-0.25, -0.2) is 0 Å². The number of carbonyl (C=O) groups excluding carboxylic acids is 4. The van der Waals surface area contributed by atoms with Crippen molar-refractivity contribution in [2.45, 2.75) is 23.0 Å². The molecule has 0 aromatic heterocycles. The number of benzene rings is 1. The first kappa shape index (κ1) is 22.8. The molecule has 2 aliphatic carbocycles. The Hall–Kier alpha value is -2.34. The summed E-state index contributed by atoms with van der Waals surface area (Å²) in [6.07, 6.45) is 0.786. The van der Waals surface area contributed by atoms with E-state index in [1.54, 1.807) is 6.92 Å². The molecule has 1 saturated heterocycles. The first-order chi connectivity index (χ1) is 15.1. The average Bonchev–Trinajstić information content (AvgIpc) is 3.34. The van der Waals surface area contributed by atoms with E-state index in [1.165, 1.54) is 18.2 Å². The molecule has 1 aromatic rings. The van der Waals surface area contributed by atoms with Gasteiger partial charge in [-0.15, -0.1) is 0 Å². The number of nitrogens with zero attached hydrogens (tertiary/aromatic N) is 2. The maximum atomic E-state index is 12.8. The van der Waals surface area contributed by atoms with Crippen LogP contribution in [0.1, 0.15) is 12.0 Å². The van der Waals surface area contributed by atoms with Gasteiger partial charge in [0.25, 0.3) is 11.6 Å². The molecule has 12 heteroatoms. The minimum Gasteiger partial charge on any atom is -0.454 e. The van der Waals surface area contributed by atoms with Gasteiger partial charge in [0.15, 0.2) is 6.61 Å². The number of nitro benzene ring substituents is 1. The van der Waals surface area contributed by atoms with Crippen LogP contribution in [0.15, 0.2) is 18.2 Å². The third kappa shape index (κ3) is 3.83. The predicted octanol–water partition coefficient (Wildman–Crippen LogP) is 2.16.